The molecule has 0 aromatic heterocycles. The van der Waals surface area contributed by atoms with Crippen molar-refractivity contribution in [3.8, 4) is 0 Å². The maximum atomic E-state index is 11.8. The number of unbranched alkanes of at least 4 members (excludes halogenated alkanes) is 2. The molecule has 0 saturated carbocycles. The summed E-state index contributed by atoms with van der Waals surface area (Å²) in [5.41, 5.74) is 7.68. The van der Waals surface area contributed by atoms with Gasteiger partial charge in [-0.3, -0.25) is 0 Å². The van der Waals surface area contributed by atoms with E-state index in [1.807, 2.05) is 0 Å². The summed E-state index contributed by atoms with van der Waals surface area (Å²) < 4.78 is 5.02. The van der Waals surface area contributed by atoms with E-state index in [0.717, 1.165) is 18.7 Å². The van der Waals surface area contributed by atoms with E-state index < -0.39 is 0 Å². The lowest BCUT2D eigenvalue weighted by atomic mass is 10.1. The van der Waals surface area contributed by atoms with Crippen LogP contribution in [0, 0.1) is 0 Å². The normalized spacial score (nSPS) is 10.1. The van der Waals surface area contributed by atoms with E-state index in [-0.39, 0.29) is 5.97 Å². The number of carbonyl (C=O) groups is 1. The highest BCUT2D eigenvalue weighted by Crippen LogP contribution is 2.20. The monoisotopic (exact) mass is 250 g/mol. The number of anilines is 2. The minimum atomic E-state index is -0.310. The van der Waals surface area contributed by atoms with Crippen LogP contribution in [0.25, 0.3) is 0 Å². The second kappa shape index (κ2) is 7.58. The molecule has 0 heterocycles. The van der Waals surface area contributed by atoms with Gasteiger partial charge in [-0.25, -0.2) is 4.79 Å². The molecule has 0 aliphatic heterocycles. The maximum Gasteiger partial charge on any atom is 0.340 e. The van der Waals surface area contributed by atoms with E-state index in [0.29, 0.717) is 17.9 Å². The van der Waals surface area contributed by atoms with Crippen LogP contribution in [0.15, 0.2) is 18.2 Å². The molecular weight excluding hydrogens is 228 g/mol. The lowest BCUT2D eigenvalue weighted by molar-refractivity contribution is 0.0527. The largest absolute Gasteiger partial charge is 0.462 e. The molecule has 0 aliphatic rings. The quantitative estimate of drug-likeness (QED) is 0.443. The average Bonchev–Trinajstić information content (AvgIpc) is 2.35. The molecule has 18 heavy (non-hydrogen) atoms. The van der Waals surface area contributed by atoms with E-state index in [2.05, 4.69) is 12.2 Å². The molecule has 3 N–H and O–H groups in total. The van der Waals surface area contributed by atoms with Crippen LogP contribution in [-0.4, -0.2) is 19.1 Å². The highest BCUT2D eigenvalue weighted by atomic mass is 16.5. The summed E-state index contributed by atoms with van der Waals surface area (Å²) in [4.78, 5) is 11.8. The molecule has 0 amide bonds. The Labute approximate surface area is 109 Å². The van der Waals surface area contributed by atoms with Crippen molar-refractivity contribution in [2.45, 2.75) is 33.1 Å². The number of hydrogen-bond donors (Lipinski definition) is 2. The minimum absolute atomic E-state index is 0.310. The van der Waals surface area contributed by atoms with Gasteiger partial charge in [0.25, 0.3) is 0 Å². The van der Waals surface area contributed by atoms with E-state index >= 15 is 0 Å². The third-order valence-corrected chi connectivity index (χ3v) is 2.63. The summed E-state index contributed by atoms with van der Waals surface area (Å²) in [5, 5.41) is 3.25. The fraction of sp³-hybridized carbons (Fsp3) is 0.500. The predicted molar refractivity (Wildman–Crippen MR) is 74.8 cm³/mol. The van der Waals surface area contributed by atoms with Gasteiger partial charge in [-0.1, -0.05) is 19.8 Å². The van der Waals surface area contributed by atoms with Crippen molar-refractivity contribution in [1.82, 2.24) is 0 Å². The molecular formula is C14H22N2O2. The van der Waals surface area contributed by atoms with E-state index in [1.54, 1.807) is 25.1 Å². The molecule has 100 valence electrons. The van der Waals surface area contributed by atoms with Crippen LogP contribution in [0.3, 0.4) is 0 Å². The van der Waals surface area contributed by atoms with Crippen LogP contribution in [0.1, 0.15) is 43.5 Å². The highest BCUT2D eigenvalue weighted by Gasteiger charge is 2.12. The summed E-state index contributed by atoms with van der Waals surface area (Å²) >= 11 is 0. The van der Waals surface area contributed by atoms with Gasteiger partial charge in [0, 0.05) is 12.2 Å². The number of esters is 1. The molecule has 4 heteroatoms. The molecule has 0 aliphatic carbocycles. The summed E-state index contributed by atoms with van der Waals surface area (Å²) in [7, 11) is 0. The molecule has 4 nitrogen and oxygen atoms in total. The van der Waals surface area contributed by atoms with E-state index in [1.165, 1.54) is 12.8 Å². The van der Waals surface area contributed by atoms with Gasteiger partial charge >= 0.3 is 5.97 Å². The highest BCUT2D eigenvalue weighted by molar-refractivity contribution is 5.96. The Morgan fingerprint density at radius 3 is 2.78 bits per heavy atom. The van der Waals surface area contributed by atoms with Crippen molar-refractivity contribution in [2.75, 3.05) is 24.2 Å². The van der Waals surface area contributed by atoms with Crippen LogP contribution in [-0.2, 0) is 4.74 Å². The average molecular weight is 250 g/mol. The van der Waals surface area contributed by atoms with Crippen molar-refractivity contribution in [2.24, 2.45) is 0 Å². The third kappa shape index (κ3) is 4.28. The lowest BCUT2D eigenvalue weighted by Gasteiger charge is -2.12. The van der Waals surface area contributed by atoms with Crippen LogP contribution in [0.2, 0.25) is 0 Å². The number of carbonyl (C=O) groups excluding carboxylic acids is 1. The Kier molecular flexibility index (Phi) is 6.05. The topological polar surface area (TPSA) is 64.3 Å². The van der Waals surface area contributed by atoms with Crippen molar-refractivity contribution >= 4 is 17.3 Å². The molecule has 0 atom stereocenters. The predicted octanol–water partition coefficient (Wildman–Crippen LogP) is 3.05. The third-order valence-electron chi connectivity index (χ3n) is 2.63. The maximum absolute atomic E-state index is 11.8. The molecule has 0 fully saturated rings. The Hall–Kier alpha value is -1.71. The van der Waals surface area contributed by atoms with Crippen molar-refractivity contribution in [1.29, 1.82) is 0 Å². The Bertz CT molecular complexity index is 391. The fourth-order valence-electron chi connectivity index (χ4n) is 1.69. The smallest absolute Gasteiger partial charge is 0.340 e. The molecule has 1 rings (SSSR count). The van der Waals surface area contributed by atoms with Gasteiger partial charge in [0.05, 0.1) is 17.9 Å². The molecule has 0 radical (unpaired) electrons. The van der Waals surface area contributed by atoms with Crippen LogP contribution < -0.4 is 11.1 Å². The van der Waals surface area contributed by atoms with Gasteiger partial charge in [0.1, 0.15) is 0 Å². The molecule has 0 bridgehead atoms. The number of hydrogen-bond acceptors (Lipinski definition) is 4. The summed E-state index contributed by atoms with van der Waals surface area (Å²) in [6.07, 6.45) is 3.42. The van der Waals surface area contributed by atoms with Gasteiger partial charge in [0.15, 0.2) is 0 Å². The summed E-state index contributed by atoms with van der Waals surface area (Å²) in [5.74, 6) is -0.310. The minimum Gasteiger partial charge on any atom is -0.462 e. The zero-order valence-electron chi connectivity index (χ0n) is 11.2. The van der Waals surface area contributed by atoms with Gasteiger partial charge in [-0.2, -0.15) is 0 Å². The number of nitrogen functional groups attached to an aromatic ring is 1. The molecule has 0 unspecified atom stereocenters. The van der Waals surface area contributed by atoms with Gasteiger partial charge < -0.3 is 15.8 Å². The summed E-state index contributed by atoms with van der Waals surface area (Å²) in [6, 6.07) is 5.19. The first-order valence-corrected chi connectivity index (χ1v) is 6.49. The number of ether oxygens (including phenoxy) is 1. The van der Waals surface area contributed by atoms with Crippen molar-refractivity contribution < 1.29 is 9.53 Å². The first kappa shape index (κ1) is 14.4. The molecule has 1 aromatic carbocycles. The second-order valence-electron chi connectivity index (χ2n) is 4.16. The Balaban J connectivity index is 2.73. The number of rotatable bonds is 7. The Morgan fingerprint density at radius 2 is 2.11 bits per heavy atom. The number of nitrogens with two attached hydrogens (primary N) is 1. The first-order valence-electron chi connectivity index (χ1n) is 6.49. The zero-order chi connectivity index (χ0) is 13.4. The molecule has 0 saturated heterocycles. The van der Waals surface area contributed by atoms with E-state index in [4.69, 9.17) is 10.5 Å². The lowest BCUT2D eigenvalue weighted by Crippen LogP contribution is -2.11. The van der Waals surface area contributed by atoms with Gasteiger partial charge in [-0.15, -0.1) is 0 Å². The standard InChI is InChI=1S/C14H22N2O2/c1-3-5-6-9-16-13-10-11(15)7-8-12(13)14(17)18-4-2/h7-8,10,16H,3-6,9,15H2,1-2H3. The number of benzene rings is 1. The van der Waals surface area contributed by atoms with Crippen molar-refractivity contribution in [3.05, 3.63) is 23.8 Å². The van der Waals surface area contributed by atoms with Crippen LogP contribution in [0.4, 0.5) is 11.4 Å². The SMILES string of the molecule is CCCCCNc1cc(N)ccc1C(=O)OCC. The van der Waals surface area contributed by atoms with E-state index in [9.17, 15) is 4.79 Å². The zero-order valence-corrected chi connectivity index (χ0v) is 11.2. The molecule has 0 spiro atoms. The van der Waals surface area contributed by atoms with Crippen molar-refractivity contribution in [3.63, 3.8) is 0 Å². The fourth-order valence-corrected chi connectivity index (χ4v) is 1.69. The second-order valence-corrected chi connectivity index (χ2v) is 4.16. The van der Waals surface area contributed by atoms with Crippen LogP contribution in [0.5, 0.6) is 0 Å². The van der Waals surface area contributed by atoms with Gasteiger partial charge in [-0.05, 0) is 31.5 Å². The Morgan fingerprint density at radius 1 is 1.33 bits per heavy atom. The van der Waals surface area contributed by atoms with Crippen LogP contribution >= 0.6 is 0 Å². The summed E-state index contributed by atoms with van der Waals surface area (Å²) in [6.45, 7) is 5.16. The molecule has 1 aromatic rings. The van der Waals surface area contributed by atoms with Gasteiger partial charge in [0.2, 0.25) is 0 Å². The number of nitrogens with one attached hydrogen (secondary N) is 1. The first-order chi connectivity index (χ1) is 8.69.